The van der Waals surface area contributed by atoms with Gasteiger partial charge >= 0.3 is 0 Å². The molecule has 168 valence electrons. The molecule has 0 atom stereocenters. The number of hydrogen-bond donors (Lipinski definition) is 1. The standard InChI is InChI=1S/C26H22N6O2/c1-16-17(2)32(15-27-16)24-14-25(29-18(3)28-24)34-21-11-9-20(10-12-21)30-26(33)23-13-8-19-6-4-5-7-22(19)31-23/h4-15H,1-3H3,(H,30,33). The molecule has 1 N–H and O–H groups in total. The van der Waals surface area contributed by atoms with Gasteiger partial charge in [0.25, 0.3) is 5.91 Å². The molecule has 0 aliphatic heterocycles. The Kier molecular flexibility index (Phi) is 5.47. The summed E-state index contributed by atoms with van der Waals surface area (Å²) in [5.74, 6) is 2.01. The third-order valence-corrected chi connectivity index (χ3v) is 5.47. The van der Waals surface area contributed by atoms with Crippen LogP contribution in [0.3, 0.4) is 0 Å². The highest BCUT2D eigenvalue weighted by atomic mass is 16.5. The van der Waals surface area contributed by atoms with Gasteiger partial charge in [-0.1, -0.05) is 24.3 Å². The lowest BCUT2D eigenvalue weighted by atomic mass is 10.2. The first-order chi connectivity index (χ1) is 16.5. The summed E-state index contributed by atoms with van der Waals surface area (Å²) in [6, 6.07) is 20.1. The van der Waals surface area contributed by atoms with Gasteiger partial charge in [0, 0.05) is 22.8 Å². The fraction of sp³-hybridized carbons (Fsp3) is 0.115. The van der Waals surface area contributed by atoms with E-state index in [1.807, 2.05) is 55.7 Å². The number of hydrogen-bond acceptors (Lipinski definition) is 6. The smallest absolute Gasteiger partial charge is 0.274 e. The number of aromatic nitrogens is 5. The van der Waals surface area contributed by atoms with Crippen molar-refractivity contribution in [2.75, 3.05) is 5.32 Å². The second-order valence-electron chi connectivity index (χ2n) is 7.87. The van der Waals surface area contributed by atoms with Crippen LogP contribution >= 0.6 is 0 Å². The summed E-state index contributed by atoms with van der Waals surface area (Å²) in [4.78, 5) is 30.3. The van der Waals surface area contributed by atoms with Crippen molar-refractivity contribution in [3.05, 3.63) is 96.0 Å². The molecule has 8 heteroatoms. The van der Waals surface area contributed by atoms with E-state index in [1.54, 1.807) is 42.7 Å². The van der Waals surface area contributed by atoms with Gasteiger partial charge in [0.1, 0.15) is 29.4 Å². The first-order valence-electron chi connectivity index (χ1n) is 10.8. The minimum absolute atomic E-state index is 0.276. The molecule has 3 aromatic heterocycles. The van der Waals surface area contributed by atoms with Crippen LogP contribution in [-0.2, 0) is 0 Å². The molecule has 0 aliphatic rings. The van der Waals surface area contributed by atoms with Crippen LogP contribution in [0.2, 0.25) is 0 Å². The molecule has 0 fully saturated rings. The summed E-state index contributed by atoms with van der Waals surface area (Å²) in [6.07, 6.45) is 1.73. The highest BCUT2D eigenvalue weighted by molar-refractivity contribution is 6.04. The maximum atomic E-state index is 12.6. The zero-order valence-electron chi connectivity index (χ0n) is 19.0. The highest BCUT2D eigenvalue weighted by Gasteiger charge is 2.11. The average Bonchev–Trinajstić information content (AvgIpc) is 3.17. The predicted molar refractivity (Wildman–Crippen MR) is 130 cm³/mol. The molecule has 5 aromatic rings. The number of amides is 1. The third-order valence-electron chi connectivity index (χ3n) is 5.47. The van der Waals surface area contributed by atoms with Gasteiger partial charge in [0.15, 0.2) is 0 Å². The summed E-state index contributed by atoms with van der Waals surface area (Å²) >= 11 is 0. The van der Waals surface area contributed by atoms with E-state index in [2.05, 4.69) is 25.3 Å². The molecule has 34 heavy (non-hydrogen) atoms. The Morgan fingerprint density at radius 2 is 1.71 bits per heavy atom. The number of ether oxygens (including phenoxy) is 1. The van der Waals surface area contributed by atoms with E-state index in [0.717, 1.165) is 22.3 Å². The normalized spacial score (nSPS) is 10.9. The lowest BCUT2D eigenvalue weighted by molar-refractivity contribution is 0.102. The van der Waals surface area contributed by atoms with Crippen molar-refractivity contribution in [1.82, 2.24) is 24.5 Å². The first kappa shape index (κ1) is 21.3. The molecular weight excluding hydrogens is 428 g/mol. The monoisotopic (exact) mass is 450 g/mol. The fourth-order valence-electron chi connectivity index (χ4n) is 3.55. The van der Waals surface area contributed by atoms with Crippen LogP contribution < -0.4 is 10.1 Å². The Labute approximate surface area is 196 Å². The minimum Gasteiger partial charge on any atom is -0.439 e. The van der Waals surface area contributed by atoms with Gasteiger partial charge in [0.2, 0.25) is 5.88 Å². The van der Waals surface area contributed by atoms with Gasteiger partial charge in [0.05, 0.1) is 11.2 Å². The molecule has 3 heterocycles. The minimum atomic E-state index is -0.276. The average molecular weight is 451 g/mol. The quantitative estimate of drug-likeness (QED) is 0.396. The van der Waals surface area contributed by atoms with Crippen LogP contribution in [0.4, 0.5) is 5.69 Å². The Morgan fingerprint density at radius 3 is 2.47 bits per heavy atom. The van der Waals surface area contributed by atoms with Crippen molar-refractivity contribution in [3.8, 4) is 17.4 Å². The van der Waals surface area contributed by atoms with E-state index in [0.29, 0.717) is 34.7 Å². The topological polar surface area (TPSA) is 94.8 Å². The van der Waals surface area contributed by atoms with E-state index in [4.69, 9.17) is 4.74 Å². The number of nitrogens with one attached hydrogen (secondary N) is 1. The Hall–Kier alpha value is -4.59. The molecule has 0 radical (unpaired) electrons. The van der Waals surface area contributed by atoms with Crippen LogP contribution in [-0.4, -0.2) is 30.4 Å². The number of rotatable bonds is 5. The third kappa shape index (κ3) is 4.33. The summed E-state index contributed by atoms with van der Waals surface area (Å²) in [5, 5.41) is 3.86. The van der Waals surface area contributed by atoms with Crippen LogP contribution in [0.5, 0.6) is 11.6 Å². The molecule has 0 saturated heterocycles. The number of imidazole rings is 1. The van der Waals surface area contributed by atoms with Crippen LogP contribution in [0.25, 0.3) is 16.7 Å². The molecule has 0 spiro atoms. The number of carbonyl (C=O) groups excluding carboxylic acids is 1. The van der Waals surface area contributed by atoms with E-state index < -0.39 is 0 Å². The fourth-order valence-corrected chi connectivity index (χ4v) is 3.55. The molecule has 0 saturated carbocycles. The number of para-hydroxylation sites is 1. The number of fused-ring (bicyclic) bond motifs is 1. The van der Waals surface area contributed by atoms with Gasteiger partial charge in [-0.2, -0.15) is 4.98 Å². The Balaban J connectivity index is 1.30. The molecule has 0 unspecified atom stereocenters. The molecule has 5 rings (SSSR count). The zero-order valence-corrected chi connectivity index (χ0v) is 19.0. The van der Waals surface area contributed by atoms with Crippen molar-refractivity contribution >= 4 is 22.5 Å². The molecule has 2 aromatic carbocycles. The van der Waals surface area contributed by atoms with E-state index in [-0.39, 0.29) is 5.91 Å². The van der Waals surface area contributed by atoms with Gasteiger partial charge < -0.3 is 10.1 Å². The molecular formula is C26H22N6O2. The number of pyridine rings is 1. The molecule has 0 bridgehead atoms. The van der Waals surface area contributed by atoms with Crippen molar-refractivity contribution in [1.29, 1.82) is 0 Å². The summed E-state index contributed by atoms with van der Waals surface area (Å²) in [6.45, 7) is 5.75. The van der Waals surface area contributed by atoms with Crippen molar-refractivity contribution in [2.45, 2.75) is 20.8 Å². The summed E-state index contributed by atoms with van der Waals surface area (Å²) in [7, 11) is 0. The summed E-state index contributed by atoms with van der Waals surface area (Å²) < 4.78 is 7.85. The lowest BCUT2D eigenvalue weighted by Crippen LogP contribution is -2.13. The van der Waals surface area contributed by atoms with Crippen LogP contribution in [0.15, 0.2) is 73.1 Å². The Bertz CT molecular complexity index is 1510. The summed E-state index contributed by atoms with van der Waals surface area (Å²) in [5.41, 5.74) is 3.71. The van der Waals surface area contributed by atoms with Gasteiger partial charge in [-0.05, 0) is 57.2 Å². The molecule has 8 nitrogen and oxygen atoms in total. The highest BCUT2D eigenvalue weighted by Crippen LogP contribution is 2.24. The maximum absolute atomic E-state index is 12.6. The maximum Gasteiger partial charge on any atom is 0.274 e. The number of aryl methyl sites for hydroxylation is 2. The number of carbonyl (C=O) groups is 1. The van der Waals surface area contributed by atoms with E-state index in [1.165, 1.54) is 0 Å². The number of anilines is 1. The van der Waals surface area contributed by atoms with Crippen LogP contribution in [0.1, 0.15) is 27.7 Å². The second-order valence-corrected chi connectivity index (χ2v) is 7.87. The van der Waals surface area contributed by atoms with Gasteiger partial charge in [-0.25, -0.2) is 15.0 Å². The lowest BCUT2D eigenvalue weighted by Gasteiger charge is -2.10. The Morgan fingerprint density at radius 1 is 0.912 bits per heavy atom. The van der Waals surface area contributed by atoms with E-state index >= 15 is 0 Å². The van der Waals surface area contributed by atoms with Crippen molar-refractivity contribution in [3.63, 3.8) is 0 Å². The van der Waals surface area contributed by atoms with Crippen molar-refractivity contribution < 1.29 is 9.53 Å². The number of nitrogens with zero attached hydrogens (tertiary/aromatic N) is 5. The predicted octanol–water partition coefficient (Wildman–Crippen LogP) is 5.18. The van der Waals surface area contributed by atoms with Gasteiger partial charge in [-0.15, -0.1) is 0 Å². The number of benzene rings is 2. The second kappa shape index (κ2) is 8.74. The van der Waals surface area contributed by atoms with Gasteiger partial charge in [-0.3, -0.25) is 9.36 Å². The van der Waals surface area contributed by atoms with Crippen LogP contribution in [0, 0.1) is 20.8 Å². The molecule has 1 amide bonds. The van der Waals surface area contributed by atoms with Crippen molar-refractivity contribution in [2.24, 2.45) is 0 Å². The SMILES string of the molecule is Cc1nc(Oc2ccc(NC(=O)c3ccc4ccccc4n3)cc2)cc(-n2cnc(C)c2C)n1. The van der Waals surface area contributed by atoms with E-state index in [9.17, 15) is 4.79 Å². The zero-order chi connectivity index (χ0) is 23.7. The first-order valence-corrected chi connectivity index (χ1v) is 10.8. The molecule has 0 aliphatic carbocycles. The largest absolute Gasteiger partial charge is 0.439 e.